The molecule has 0 radical (unpaired) electrons. The molecule has 35 heavy (non-hydrogen) atoms. The van der Waals surface area contributed by atoms with Gasteiger partial charge in [-0.25, -0.2) is 4.79 Å². The van der Waals surface area contributed by atoms with Gasteiger partial charge in [-0.3, -0.25) is 9.79 Å². The number of fused-ring (bicyclic) bond motifs is 1. The van der Waals surface area contributed by atoms with Crippen LogP contribution in [0.15, 0.2) is 70.9 Å². The zero-order valence-corrected chi connectivity index (χ0v) is 21.5. The number of aliphatic imine (C=N–C) groups is 1. The first-order valence-electron chi connectivity index (χ1n) is 12.8. The maximum atomic E-state index is 13.7. The third-order valence-corrected chi connectivity index (χ3v) is 7.17. The number of anilines is 1. The zero-order valence-electron chi connectivity index (χ0n) is 21.5. The lowest BCUT2D eigenvalue weighted by atomic mass is 9.66. The summed E-state index contributed by atoms with van der Waals surface area (Å²) < 4.78 is 5.63. The fourth-order valence-electron chi connectivity index (χ4n) is 5.52. The summed E-state index contributed by atoms with van der Waals surface area (Å²) >= 11 is 0. The van der Waals surface area contributed by atoms with E-state index in [4.69, 9.17) is 9.73 Å². The van der Waals surface area contributed by atoms with Crippen LogP contribution in [0.25, 0.3) is 0 Å². The van der Waals surface area contributed by atoms with E-state index in [1.54, 1.807) is 0 Å². The van der Waals surface area contributed by atoms with Crippen molar-refractivity contribution in [3.63, 3.8) is 0 Å². The van der Waals surface area contributed by atoms with Crippen LogP contribution in [0.5, 0.6) is 0 Å². The van der Waals surface area contributed by atoms with E-state index in [0.29, 0.717) is 17.7 Å². The highest BCUT2D eigenvalue weighted by molar-refractivity contribution is 6.12. The first-order chi connectivity index (χ1) is 16.8. The summed E-state index contributed by atoms with van der Waals surface area (Å²) in [5, 5.41) is 0. The standard InChI is InChI=1S/C30H36N2O3/c1-6-32(7-2)24-15-13-22(14-16-24)28-27(30(34)35-19(3)4)20(5)31-25-17-23(18-26(33)29(25)28)21-11-9-8-10-12-21/h8-16,19,23,28-29H,6-7,17-18H2,1-5H3/t23-,28-,29?/m0/s1. The van der Waals surface area contributed by atoms with Gasteiger partial charge in [0, 0.05) is 42.5 Å². The van der Waals surface area contributed by atoms with E-state index in [9.17, 15) is 9.59 Å². The van der Waals surface area contributed by atoms with Crippen molar-refractivity contribution in [2.75, 3.05) is 18.0 Å². The number of carbonyl (C=O) groups is 2. The number of ketones is 1. The molecule has 1 heterocycles. The molecule has 0 aromatic heterocycles. The Kier molecular flexibility index (Phi) is 7.54. The van der Waals surface area contributed by atoms with Crippen molar-refractivity contribution in [2.24, 2.45) is 10.9 Å². The van der Waals surface area contributed by atoms with E-state index >= 15 is 0 Å². The van der Waals surface area contributed by atoms with Gasteiger partial charge in [-0.05, 0) is 70.2 Å². The number of carbonyl (C=O) groups excluding carboxylic acids is 2. The van der Waals surface area contributed by atoms with Gasteiger partial charge in [0.25, 0.3) is 0 Å². The molecule has 3 atom stereocenters. The highest BCUT2D eigenvalue weighted by atomic mass is 16.5. The third-order valence-electron chi connectivity index (χ3n) is 7.17. The Hall–Kier alpha value is -3.21. The molecule has 2 aliphatic rings. The molecule has 0 bridgehead atoms. The Morgan fingerprint density at radius 1 is 0.971 bits per heavy atom. The van der Waals surface area contributed by atoms with Crippen molar-refractivity contribution in [3.8, 4) is 0 Å². The van der Waals surface area contributed by atoms with Gasteiger partial charge < -0.3 is 9.64 Å². The van der Waals surface area contributed by atoms with E-state index in [1.807, 2.05) is 39.0 Å². The molecular formula is C30H36N2O3. The molecule has 1 fully saturated rings. The monoisotopic (exact) mass is 472 g/mol. The second kappa shape index (κ2) is 10.6. The molecule has 1 aliphatic carbocycles. The predicted octanol–water partition coefficient (Wildman–Crippen LogP) is 6.06. The summed E-state index contributed by atoms with van der Waals surface area (Å²) in [6.07, 6.45) is 0.925. The number of hydrogen-bond acceptors (Lipinski definition) is 5. The summed E-state index contributed by atoms with van der Waals surface area (Å²) in [5.74, 6) is -0.946. The summed E-state index contributed by atoms with van der Waals surface area (Å²) in [6, 6.07) is 18.5. The number of hydrogen-bond donors (Lipinski definition) is 0. The number of allylic oxidation sites excluding steroid dienone is 1. The molecule has 0 amide bonds. The van der Waals surface area contributed by atoms with Crippen LogP contribution in [-0.4, -0.2) is 36.7 Å². The maximum absolute atomic E-state index is 13.7. The fourth-order valence-corrected chi connectivity index (χ4v) is 5.52. The predicted molar refractivity (Wildman–Crippen MR) is 141 cm³/mol. The van der Waals surface area contributed by atoms with E-state index in [0.717, 1.165) is 42.0 Å². The molecule has 1 saturated carbocycles. The van der Waals surface area contributed by atoms with Gasteiger partial charge in [0.1, 0.15) is 5.78 Å². The van der Waals surface area contributed by atoms with Gasteiger partial charge in [0.05, 0.1) is 17.6 Å². The molecule has 0 N–H and O–H groups in total. The number of benzene rings is 2. The number of esters is 1. The molecule has 1 unspecified atom stereocenters. The highest BCUT2D eigenvalue weighted by Gasteiger charge is 2.46. The normalized spacial score (nSPS) is 22.1. The lowest BCUT2D eigenvalue weighted by molar-refractivity contribution is -0.143. The zero-order chi connectivity index (χ0) is 25.1. The lowest BCUT2D eigenvalue weighted by Crippen LogP contribution is -2.41. The minimum absolute atomic E-state index is 0.112. The van der Waals surface area contributed by atoms with Crippen LogP contribution in [-0.2, 0) is 14.3 Å². The maximum Gasteiger partial charge on any atom is 0.336 e. The van der Waals surface area contributed by atoms with Gasteiger partial charge in [-0.2, -0.15) is 0 Å². The highest BCUT2D eigenvalue weighted by Crippen LogP contribution is 2.46. The number of nitrogens with zero attached hydrogens (tertiary/aromatic N) is 2. The molecule has 1 aliphatic heterocycles. The molecule has 5 heteroatoms. The smallest absolute Gasteiger partial charge is 0.336 e. The second-order valence-corrected chi connectivity index (χ2v) is 9.76. The average molecular weight is 473 g/mol. The van der Waals surface area contributed by atoms with Crippen LogP contribution >= 0.6 is 0 Å². The van der Waals surface area contributed by atoms with Gasteiger partial charge >= 0.3 is 5.97 Å². The topological polar surface area (TPSA) is 59.0 Å². The van der Waals surface area contributed by atoms with E-state index < -0.39 is 5.92 Å². The van der Waals surface area contributed by atoms with E-state index in [2.05, 4.69) is 55.1 Å². The summed E-state index contributed by atoms with van der Waals surface area (Å²) in [5.41, 5.74) is 5.30. The van der Waals surface area contributed by atoms with E-state index in [-0.39, 0.29) is 29.7 Å². The molecule has 2 aromatic carbocycles. The van der Waals surface area contributed by atoms with Crippen molar-refractivity contribution in [2.45, 2.75) is 65.4 Å². The lowest BCUT2D eigenvalue weighted by Gasteiger charge is -2.38. The van der Waals surface area contributed by atoms with Crippen molar-refractivity contribution in [3.05, 3.63) is 77.0 Å². The Morgan fingerprint density at radius 2 is 1.63 bits per heavy atom. The molecule has 0 spiro atoms. The Bertz CT molecular complexity index is 1130. The van der Waals surface area contributed by atoms with Crippen molar-refractivity contribution >= 4 is 23.2 Å². The SMILES string of the molecule is CCN(CC)c1ccc([C@H]2C(C(=O)OC(C)C)=C(C)N=C3C[C@H](c4ccccc4)CC(=O)C32)cc1. The summed E-state index contributed by atoms with van der Waals surface area (Å²) in [7, 11) is 0. The quantitative estimate of drug-likeness (QED) is 0.460. The van der Waals surface area contributed by atoms with Gasteiger partial charge in [0.15, 0.2) is 0 Å². The molecular weight excluding hydrogens is 436 g/mol. The Balaban J connectivity index is 1.76. The van der Waals surface area contributed by atoms with Crippen LogP contribution in [0.1, 0.15) is 70.4 Å². The fraction of sp³-hybridized carbons (Fsp3) is 0.433. The van der Waals surface area contributed by atoms with Crippen LogP contribution in [0.4, 0.5) is 5.69 Å². The van der Waals surface area contributed by atoms with Crippen LogP contribution in [0.3, 0.4) is 0 Å². The molecule has 2 aromatic rings. The molecule has 4 rings (SSSR count). The van der Waals surface area contributed by atoms with Crippen molar-refractivity contribution < 1.29 is 14.3 Å². The molecule has 184 valence electrons. The number of rotatable bonds is 7. The van der Waals surface area contributed by atoms with Crippen LogP contribution in [0.2, 0.25) is 0 Å². The Morgan fingerprint density at radius 3 is 2.23 bits per heavy atom. The van der Waals surface area contributed by atoms with Gasteiger partial charge in [-0.1, -0.05) is 42.5 Å². The van der Waals surface area contributed by atoms with Crippen LogP contribution < -0.4 is 4.90 Å². The molecule has 0 saturated heterocycles. The van der Waals surface area contributed by atoms with Gasteiger partial charge in [0.2, 0.25) is 0 Å². The minimum atomic E-state index is -0.437. The van der Waals surface area contributed by atoms with Crippen molar-refractivity contribution in [1.29, 1.82) is 0 Å². The third kappa shape index (κ3) is 5.09. The largest absolute Gasteiger partial charge is 0.460 e. The van der Waals surface area contributed by atoms with Crippen LogP contribution in [0, 0.1) is 5.92 Å². The number of Topliss-reactive ketones (excluding diaryl/α,β-unsaturated/α-hetero) is 1. The Labute approximate surface area is 208 Å². The van der Waals surface area contributed by atoms with Crippen molar-refractivity contribution in [1.82, 2.24) is 0 Å². The summed E-state index contributed by atoms with van der Waals surface area (Å²) in [4.78, 5) is 34.1. The summed E-state index contributed by atoms with van der Waals surface area (Å²) in [6.45, 7) is 11.7. The molecule has 5 nitrogen and oxygen atoms in total. The first kappa shape index (κ1) is 24.9. The van der Waals surface area contributed by atoms with Gasteiger partial charge in [-0.15, -0.1) is 0 Å². The number of ether oxygens (including phenoxy) is 1. The first-order valence-corrected chi connectivity index (χ1v) is 12.8. The average Bonchev–Trinajstić information content (AvgIpc) is 2.84. The van der Waals surface area contributed by atoms with E-state index in [1.165, 1.54) is 0 Å². The second-order valence-electron chi connectivity index (χ2n) is 9.76. The minimum Gasteiger partial charge on any atom is -0.460 e.